The molecule has 0 bridgehead atoms. The van der Waals surface area contributed by atoms with Crippen molar-refractivity contribution < 1.29 is 4.74 Å². The first-order valence-electron chi connectivity index (χ1n) is 7.33. The van der Waals surface area contributed by atoms with Gasteiger partial charge in [0, 0.05) is 12.0 Å². The molecule has 3 nitrogen and oxygen atoms in total. The lowest BCUT2D eigenvalue weighted by Crippen LogP contribution is -1.98. The maximum atomic E-state index is 5.72. The zero-order valence-electron chi connectivity index (χ0n) is 13.0. The number of aryl methyl sites for hydroxylation is 3. The molecule has 0 aliphatic rings. The Morgan fingerprint density at radius 2 is 1.95 bits per heavy atom. The van der Waals surface area contributed by atoms with Crippen molar-refractivity contribution in [2.75, 3.05) is 6.61 Å². The number of rotatable bonds is 7. The number of nitrogens with zero attached hydrogens (tertiary/aromatic N) is 2. The molecule has 0 fully saturated rings. The van der Waals surface area contributed by atoms with E-state index in [0.29, 0.717) is 6.61 Å². The van der Waals surface area contributed by atoms with Crippen LogP contribution in [0, 0.1) is 13.8 Å². The molecule has 1 aromatic carbocycles. The standard InChI is InChI=1S/C17H22N2OS/c1-5-7-8-15-18-19-17(21-15)14-10-12(3)16(13(4)11-14)20-9-6-2/h6,10-11H,2,5,7-9H2,1,3-4H3. The third-order valence-corrected chi connectivity index (χ3v) is 4.30. The predicted molar refractivity (Wildman–Crippen MR) is 89.1 cm³/mol. The molecule has 1 heterocycles. The van der Waals surface area contributed by atoms with E-state index in [4.69, 9.17) is 4.74 Å². The number of hydrogen-bond acceptors (Lipinski definition) is 4. The van der Waals surface area contributed by atoms with E-state index in [9.17, 15) is 0 Å². The van der Waals surface area contributed by atoms with Gasteiger partial charge in [0.15, 0.2) is 0 Å². The Kier molecular flexibility index (Phi) is 5.51. The predicted octanol–water partition coefficient (Wildman–Crippen LogP) is 4.73. The van der Waals surface area contributed by atoms with Crippen molar-refractivity contribution in [2.24, 2.45) is 0 Å². The van der Waals surface area contributed by atoms with Crippen LogP contribution < -0.4 is 4.74 Å². The summed E-state index contributed by atoms with van der Waals surface area (Å²) >= 11 is 1.69. The SMILES string of the molecule is C=CCOc1c(C)cc(-c2nnc(CCCC)s2)cc1C. The molecule has 21 heavy (non-hydrogen) atoms. The molecule has 112 valence electrons. The van der Waals surface area contributed by atoms with Crippen molar-refractivity contribution in [2.45, 2.75) is 40.0 Å². The molecule has 0 amide bonds. The Hall–Kier alpha value is -1.68. The molecular weight excluding hydrogens is 280 g/mol. The van der Waals surface area contributed by atoms with Crippen molar-refractivity contribution in [1.82, 2.24) is 10.2 Å². The molecule has 0 aliphatic carbocycles. The first-order chi connectivity index (χ1) is 10.2. The molecule has 0 N–H and O–H groups in total. The second kappa shape index (κ2) is 7.36. The average molecular weight is 302 g/mol. The summed E-state index contributed by atoms with van der Waals surface area (Å²) in [6, 6.07) is 4.24. The summed E-state index contributed by atoms with van der Waals surface area (Å²) < 4.78 is 5.72. The monoisotopic (exact) mass is 302 g/mol. The van der Waals surface area contributed by atoms with E-state index < -0.39 is 0 Å². The average Bonchev–Trinajstić information content (AvgIpc) is 2.93. The van der Waals surface area contributed by atoms with Gasteiger partial charge in [0.05, 0.1) is 0 Å². The van der Waals surface area contributed by atoms with Crippen LogP contribution in [-0.4, -0.2) is 16.8 Å². The van der Waals surface area contributed by atoms with E-state index in [-0.39, 0.29) is 0 Å². The van der Waals surface area contributed by atoms with Crippen LogP contribution in [0.3, 0.4) is 0 Å². The summed E-state index contributed by atoms with van der Waals surface area (Å²) in [6.45, 7) is 10.5. The summed E-state index contributed by atoms with van der Waals surface area (Å²) in [4.78, 5) is 0. The molecule has 0 spiro atoms. The van der Waals surface area contributed by atoms with Crippen molar-refractivity contribution >= 4 is 11.3 Å². The van der Waals surface area contributed by atoms with Gasteiger partial charge in [-0.3, -0.25) is 0 Å². The van der Waals surface area contributed by atoms with Crippen LogP contribution in [0.4, 0.5) is 0 Å². The van der Waals surface area contributed by atoms with Gasteiger partial charge in [0.2, 0.25) is 0 Å². The lowest BCUT2D eigenvalue weighted by atomic mass is 10.1. The van der Waals surface area contributed by atoms with Gasteiger partial charge in [-0.1, -0.05) is 37.3 Å². The van der Waals surface area contributed by atoms with Crippen LogP contribution in [0.15, 0.2) is 24.8 Å². The van der Waals surface area contributed by atoms with Crippen LogP contribution in [-0.2, 0) is 6.42 Å². The topological polar surface area (TPSA) is 35.0 Å². The van der Waals surface area contributed by atoms with Crippen LogP contribution in [0.5, 0.6) is 5.75 Å². The van der Waals surface area contributed by atoms with Gasteiger partial charge in [0.1, 0.15) is 22.4 Å². The van der Waals surface area contributed by atoms with Gasteiger partial charge >= 0.3 is 0 Å². The summed E-state index contributed by atoms with van der Waals surface area (Å²) in [7, 11) is 0. The molecule has 0 atom stereocenters. The molecule has 0 saturated carbocycles. The molecular formula is C17H22N2OS. The Labute approximate surface area is 130 Å². The van der Waals surface area contributed by atoms with Crippen LogP contribution in [0.25, 0.3) is 10.6 Å². The van der Waals surface area contributed by atoms with E-state index in [2.05, 4.69) is 49.7 Å². The van der Waals surface area contributed by atoms with Gasteiger partial charge in [-0.05, 0) is 43.5 Å². The summed E-state index contributed by atoms with van der Waals surface area (Å²) in [5.41, 5.74) is 3.37. The zero-order chi connectivity index (χ0) is 15.2. The molecule has 0 radical (unpaired) electrons. The Morgan fingerprint density at radius 3 is 2.57 bits per heavy atom. The van der Waals surface area contributed by atoms with Crippen LogP contribution in [0.1, 0.15) is 35.9 Å². The first-order valence-corrected chi connectivity index (χ1v) is 8.15. The number of hydrogen-bond donors (Lipinski definition) is 0. The number of unbranched alkanes of at least 4 members (excludes halogenated alkanes) is 1. The quantitative estimate of drug-likeness (QED) is 0.694. The molecule has 2 aromatic rings. The second-order valence-corrected chi connectivity index (χ2v) is 6.21. The highest BCUT2D eigenvalue weighted by Crippen LogP contribution is 2.31. The molecule has 1 aromatic heterocycles. The highest BCUT2D eigenvalue weighted by atomic mass is 32.1. The molecule has 0 saturated heterocycles. The van der Waals surface area contributed by atoms with E-state index in [1.54, 1.807) is 17.4 Å². The normalized spacial score (nSPS) is 10.6. The highest BCUT2D eigenvalue weighted by molar-refractivity contribution is 7.14. The summed E-state index contributed by atoms with van der Waals surface area (Å²) in [6.07, 6.45) is 5.13. The maximum absolute atomic E-state index is 5.72. The van der Waals surface area contributed by atoms with Crippen molar-refractivity contribution in [3.05, 3.63) is 40.9 Å². The molecule has 0 aliphatic heterocycles. The van der Waals surface area contributed by atoms with Crippen molar-refractivity contribution in [3.63, 3.8) is 0 Å². The third kappa shape index (κ3) is 3.91. The highest BCUT2D eigenvalue weighted by Gasteiger charge is 2.11. The van der Waals surface area contributed by atoms with E-state index in [1.807, 2.05) is 0 Å². The minimum Gasteiger partial charge on any atom is -0.489 e. The molecule has 2 rings (SSSR count). The fourth-order valence-corrected chi connectivity index (χ4v) is 3.11. The Balaban J connectivity index is 2.24. The van der Waals surface area contributed by atoms with Gasteiger partial charge in [-0.25, -0.2) is 0 Å². The third-order valence-electron chi connectivity index (χ3n) is 3.26. The minimum atomic E-state index is 0.529. The lowest BCUT2D eigenvalue weighted by molar-refractivity contribution is 0.358. The largest absolute Gasteiger partial charge is 0.489 e. The van der Waals surface area contributed by atoms with Gasteiger partial charge < -0.3 is 4.74 Å². The van der Waals surface area contributed by atoms with E-state index in [1.165, 1.54) is 12.8 Å². The summed E-state index contributed by atoms with van der Waals surface area (Å²) in [5.74, 6) is 0.939. The van der Waals surface area contributed by atoms with Gasteiger partial charge in [0.25, 0.3) is 0 Å². The Morgan fingerprint density at radius 1 is 1.24 bits per heavy atom. The zero-order valence-corrected chi connectivity index (χ0v) is 13.8. The van der Waals surface area contributed by atoms with Crippen LogP contribution in [0.2, 0.25) is 0 Å². The van der Waals surface area contributed by atoms with Crippen molar-refractivity contribution in [1.29, 1.82) is 0 Å². The lowest BCUT2D eigenvalue weighted by Gasteiger charge is -2.11. The van der Waals surface area contributed by atoms with E-state index >= 15 is 0 Å². The fraction of sp³-hybridized carbons (Fsp3) is 0.412. The van der Waals surface area contributed by atoms with Crippen LogP contribution >= 0.6 is 11.3 Å². The Bertz CT molecular complexity index is 596. The minimum absolute atomic E-state index is 0.529. The summed E-state index contributed by atoms with van der Waals surface area (Å²) in [5, 5.41) is 10.7. The van der Waals surface area contributed by atoms with Crippen molar-refractivity contribution in [3.8, 4) is 16.3 Å². The fourth-order valence-electron chi connectivity index (χ4n) is 2.24. The molecule has 4 heteroatoms. The maximum Gasteiger partial charge on any atom is 0.147 e. The number of ether oxygens (including phenoxy) is 1. The van der Waals surface area contributed by atoms with Gasteiger partial charge in [-0.2, -0.15) is 0 Å². The molecule has 0 unspecified atom stereocenters. The second-order valence-electron chi connectivity index (χ2n) is 5.14. The number of benzene rings is 1. The van der Waals surface area contributed by atoms with E-state index in [0.717, 1.165) is 38.9 Å². The smallest absolute Gasteiger partial charge is 0.147 e. The van der Waals surface area contributed by atoms with Gasteiger partial charge in [-0.15, -0.1) is 10.2 Å². The first kappa shape index (κ1) is 15.7. The number of aromatic nitrogens is 2.